The van der Waals surface area contributed by atoms with Crippen LogP contribution in [0.3, 0.4) is 0 Å². The van der Waals surface area contributed by atoms with Crippen LogP contribution in [0.25, 0.3) is 43.8 Å². The second kappa shape index (κ2) is 14.1. The SMILES string of the molecule is c1ccc(N(c2ccc3c(c2)-c2ccccc2C32c3ccccc3Sc3ccccc32)c2cc3c(oc4cccc(N(c5ccccc5)c5ccccc5)c43)c3ccccc23)cc1. The predicted octanol–water partition coefficient (Wildman–Crippen LogP) is 16.5. The van der Waals surface area contributed by atoms with Crippen LogP contribution < -0.4 is 9.80 Å². The van der Waals surface area contributed by atoms with Gasteiger partial charge in [0, 0.05) is 48.7 Å². The van der Waals surface area contributed by atoms with Gasteiger partial charge in [-0.1, -0.05) is 163 Å². The van der Waals surface area contributed by atoms with Gasteiger partial charge in [0.2, 0.25) is 0 Å². The first kappa shape index (κ1) is 35.9. The molecule has 13 rings (SSSR count). The van der Waals surface area contributed by atoms with Gasteiger partial charge in [-0.2, -0.15) is 0 Å². The first-order valence-electron chi connectivity index (χ1n) is 21.5. The second-order valence-electron chi connectivity index (χ2n) is 16.4. The van der Waals surface area contributed by atoms with E-state index in [9.17, 15) is 0 Å². The predicted molar refractivity (Wildman–Crippen MR) is 262 cm³/mol. The highest BCUT2D eigenvalue weighted by atomic mass is 32.2. The van der Waals surface area contributed by atoms with Crippen LogP contribution in [0.5, 0.6) is 0 Å². The highest BCUT2D eigenvalue weighted by molar-refractivity contribution is 7.99. The normalized spacial score (nSPS) is 13.1. The molecule has 1 aliphatic heterocycles. The average molecular weight is 823 g/mol. The van der Waals surface area contributed by atoms with Gasteiger partial charge in [0.25, 0.3) is 0 Å². The van der Waals surface area contributed by atoms with E-state index in [0.29, 0.717) is 0 Å². The zero-order valence-electron chi connectivity index (χ0n) is 34.2. The summed E-state index contributed by atoms with van der Waals surface area (Å²) in [6, 6.07) is 83.8. The molecular formula is C59H38N2OS. The number of furan rings is 1. The summed E-state index contributed by atoms with van der Waals surface area (Å²) in [6.45, 7) is 0. The number of para-hydroxylation sites is 3. The monoisotopic (exact) mass is 822 g/mol. The van der Waals surface area contributed by atoms with Crippen LogP contribution in [0.4, 0.5) is 34.1 Å². The molecule has 0 bridgehead atoms. The molecular weight excluding hydrogens is 785 g/mol. The molecule has 4 heteroatoms. The van der Waals surface area contributed by atoms with Gasteiger partial charge in [0.15, 0.2) is 0 Å². The Bertz CT molecular complexity index is 3480. The van der Waals surface area contributed by atoms with E-state index in [2.05, 4.69) is 240 Å². The molecule has 11 aromatic rings. The van der Waals surface area contributed by atoms with Crippen molar-refractivity contribution in [2.45, 2.75) is 15.2 Å². The van der Waals surface area contributed by atoms with E-state index in [1.54, 1.807) is 0 Å². The van der Waals surface area contributed by atoms with Crippen molar-refractivity contribution in [3.05, 3.63) is 253 Å². The molecule has 10 aromatic carbocycles. The topological polar surface area (TPSA) is 19.6 Å². The van der Waals surface area contributed by atoms with Gasteiger partial charge in [-0.25, -0.2) is 0 Å². The van der Waals surface area contributed by atoms with Gasteiger partial charge in [-0.15, -0.1) is 0 Å². The third kappa shape index (κ3) is 5.29. The van der Waals surface area contributed by atoms with Crippen molar-refractivity contribution in [2.24, 2.45) is 0 Å². The Balaban J connectivity index is 1.08. The van der Waals surface area contributed by atoms with E-state index < -0.39 is 5.41 Å². The Morgan fingerprint density at radius 1 is 0.349 bits per heavy atom. The Morgan fingerprint density at radius 3 is 1.52 bits per heavy atom. The standard InChI is InChI=1S/C59H38N2OS/c1-4-19-39(20-5-1)60(40-21-6-2-7-22-40)52-31-18-32-54-57(52)47-38-53(44-26-10-11-27-45(44)58(47)62-54)61(41-23-8-3-9-24-41)42-35-36-49-46(37-42)43-25-12-13-28-48(43)59(49)50-29-14-16-33-55(50)63-56-34-17-15-30-51(56)59/h1-38H. The van der Waals surface area contributed by atoms with Crippen molar-refractivity contribution >= 4 is 78.6 Å². The van der Waals surface area contributed by atoms with Crippen LogP contribution in [-0.2, 0) is 5.41 Å². The summed E-state index contributed by atoms with van der Waals surface area (Å²) < 4.78 is 6.95. The fraction of sp³-hybridized carbons (Fsp3) is 0.0169. The molecule has 0 fully saturated rings. The number of nitrogens with zero attached hydrogens (tertiary/aromatic N) is 2. The van der Waals surface area contributed by atoms with Crippen LogP contribution in [0.1, 0.15) is 22.3 Å². The van der Waals surface area contributed by atoms with Gasteiger partial charge in [-0.05, 0) is 112 Å². The summed E-state index contributed by atoms with van der Waals surface area (Å²) in [7, 11) is 0. The number of benzene rings is 10. The summed E-state index contributed by atoms with van der Waals surface area (Å²) >= 11 is 1.88. The van der Waals surface area contributed by atoms with Gasteiger partial charge < -0.3 is 14.2 Å². The zero-order chi connectivity index (χ0) is 41.5. The molecule has 63 heavy (non-hydrogen) atoms. The smallest absolute Gasteiger partial charge is 0.143 e. The van der Waals surface area contributed by atoms with Crippen molar-refractivity contribution < 1.29 is 4.42 Å². The van der Waals surface area contributed by atoms with Crippen LogP contribution in [-0.4, -0.2) is 0 Å². The summed E-state index contributed by atoms with van der Waals surface area (Å²) in [4.78, 5) is 7.40. The molecule has 0 saturated carbocycles. The fourth-order valence-corrected chi connectivity index (χ4v) is 11.7. The molecule has 0 saturated heterocycles. The zero-order valence-corrected chi connectivity index (χ0v) is 35.0. The lowest BCUT2D eigenvalue weighted by Gasteiger charge is -2.39. The molecule has 296 valence electrons. The van der Waals surface area contributed by atoms with Crippen molar-refractivity contribution in [3.63, 3.8) is 0 Å². The third-order valence-electron chi connectivity index (χ3n) is 13.1. The molecule has 2 heterocycles. The summed E-state index contributed by atoms with van der Waals surface area (Å²) in [6.07, 6.45) is 0. The molecule has 0 amide bonds. The van der Waals surface area contributed by atoms with Gasteiger partial charge in [0.05, 0.1) is 22.2 Å². The maximum atomic E-state index is 6.95. The second-order valence-corrected chi connectivity index (χ2v) is 17.5. The highest BCUT2D eigenvalue weighted by Crippen LogP contribution is 2.63. The molecule has 0 radical (unpaired) electrons. The van der Waals surface area contributed by atoms with E-state index in [1.165, 1.54) is 43.2 Å². The van der Waals surface area contributed by atoms with Gasteiger partial charge in [0.1, 0.15) is 11.2 Å². The Hall–Kier alpha value is -7.79. The maximum Gasteiger partial charge on any atom is 0.143 e. The maximum absolute atomic E-state index is 6.95. The fourth-order valence-electron chi connectivity index (χ4n) is 10.6. The minimum absolute atomic E-state index is 0.443. The van der Waals surface area contributed by atoms with Crippen molar-refractivity contribution in [1.82, 2.24) is 0 Å². The van der Waals surface area contributed by atoms with Crippen LogP contribution >= 0.6 is 11.8 Å². The van der Waals surface area contributed by atoms with Crippen LogP contribution in [0.2, 0.25) is 0 Å². The molecule has 0 atom stereocenters. The number of hydrogen-bond donors (Lipinski definition) is 0. The lowest BCUT2D eigenvalue weighted by atomic mass is 9.67. The minimum atomic E-state index is -0.443. The first-order chi connectivity index (χ1) is 31.3. The first-order valence-corrected chi connectivity index (χ1v) is 22.3. The number of anilines is 6. The summed E-state index contributed by atoms with van der Waals surface area (Å²) in [5.74, 6) is 0. The average Bonchev–Trinajstić information content (AvgIpc) is 3.87. The van der Waals surface area contributed by atoms with Gasteiger partial charge in [-0.3, -0.25) is 0 Å². The van der Waals surface area contributed by atoms with Crippen molar-refractivity contribution in [3.8, 4) is 11.1 Å². The van der Waals surface area contributed by atoms with Crippen LogP contribution in [0.15, 0.2) is 245 Å². The number of hydrogen-bond acceptors (Lipinski definition) is 4. The van der Waals surface area contributed by atoms with E-state index >= 15 is 0 Å². The van der Waals surface area contributed by atoms with Crippen molar-refractivity contribution in [1.29, 1.82) is 0 Å². The van der Waals surface area contributed by atoms with E-state index in [4.69, 9.17) is 4.42 Å². The summed E-state index contributed by atoms with van der Waals surface area (Å²) in [5, 5.41) is 4.31. The molecule has 0 unspecified atom stereocenters. The van der Waals surface area contributed by atoms with Crippen LogP contribution in [0, 0.1) is 0 Å². The Kier molecular flexibility index (Phi) is 8.06. The quantitative estimate of drug-likeness (QED) is 0.166. The Labute approximate surface area is 370 Å². The van der Waals surface area contributed by atoms with Crippen molar-refractivity contribution in [2.75, 3.05) is 9.80 Å². The highest BCUT2D eigenvalue weighted by Gasteiger charge is 2.50. The third-order valence-corrected chi connectivity index (χ3v) is 14.2. The number of fused-ring (bicyclic) bond motifs is 14. The van der Waals surface area contributed by atoms with E-state index in [0.717, 1.165) is 66.8 Å². The largest absolute Gasteiger partial charge is 0.455 e. The minimum Gasteiger partial charge on any atom is -0.455 e. The molecule has 3 nitrogen and oxygen atoms in total. The Morgan fingerprint density at radius 2 is 0.873 bits per heavy atom. The lowest BCUT2D eigenvalue weighted by Crippen LogP contribution is -2.31. The molecule has 0 N–H and O–H groups in total. The number of rotatable bonds is 6. The molecule has 1 aliphatic carbocycles. The van der Waals surface area contributed by atoms with E-state index in [1.807, 2.05) is 11.8 Å². The van der Waals surface area contributed by atoms with E-state index in [-0.39, 0.29) is 0 Å². The molecule has 1 spiro atoms. The lowest BCUT2D eigenvalue weighted by molar-refractivity contribution is 0.672. The van der Waals surface area contributed by atoms with Gasteiger partial charge >= 0.3 is 0 Å². The summed E-state index contributed by atoms with van der Waals surface area (Å²) in [5.41, 5.74) is 15.6. The molecule has 2 aliphatic rings. The molecule has 1 aromatic heterocycles.